The largest absolute Gasteiger partial charge is 0.191 e. The second kappa shape index (κ2) is 2.43. The summed E-state index contributed by atoms with van der Waals surface area (Å²) in [4.78, 5) is 1.52. The molecule has 0 fully saturated rings. The topological polar surface area (TPSA) is 43.6 Å². The molecule has 2 aromatic rings. The van der Waals surface area contributed by atoms with Crippen molar-refractivity contribution in [3.63, 3.8) is 0 Å². The highest BCUT2D eigenvalue weighted by Crippen LogP contribution is 2.13. The molecule has 0 amide bonds. The lowest BCUT2D eigenvalue weighted by molar-refractivity contribution is 0.655. The quantitative estimate of drug-likeness (QED) is 0.633. The smallest absolute Gasteiger partial charge is 0.132 e. The SMILES string of the molecule is Cn1ncc(-c2ccsn2)n1. The number of rotatable bonds is 1. The van der Waals surface area contributed by atoms with Crippen molar-refractivity contribution in [2.24, 2.45) is 7.05 Å². The van der Waals surface area contributed by atoms with E-state index in [1.165, 1.54) is 16.3 Å². The highest BCUT2D eigenvalue weighted by molar-refractivity contribution is 7.03. The fraction of sp³-hybridized carbons (Fsp3) is 0.167. The summed E-state index contributed by atoms with van der Waals surface area (Å²) in [7, 11) is 1.79. The molecule has 5 heteroatoms. The normalized spacial score (nSPS) is 10.3. The van der Waals surface area contributed by atoms with E-state index in [0.717, 1.165) is 11.4 Å². The van der Waals surface area contributed by atoms with E-state index >= 15 is 0 Å². The van der Waals surface area contributed by atoms with Gasteiger partial charge < -0.3 is 0 Å². The predicted molar refractivity (Wildman–Crippen MR) is 42.1 cm³/mol. The highest BCUT2D eigenvalue weighted by atomic mass is 32.1. The first-order valence-electron chi connectivity index (χ1n) is 3.13. The van der Waals surface area contributed by atoms with Gasteiger partial charge in [0, 0.05) is 12.4 Å². The highest BCUT2D eigenvalue weighted by Gasteiger charge is 2.02. The Bertz CT molecular complexity index is 337. The zero-order valence-electron chi connectivity index (χ0n) is 5.93. The molecule has 56 valence electrons. The van der Waals surface area contributed by atoms with Gasteiger partial charge in [0.25, 0.3) is 0 Å². The van der Waals surface area contributed by atoms with Crippen LogP contribution in [0.15, 0.2) is 17.6 Å². The van der Waals surface area contributed by atoms with Crippen LogP contribution >= 0.6 is 11.5 Å². The molecule has 0 radical (unpaired) electrons. The predicted octanol–water partition coefficient (Wildman–Crippen LogP) is 0.939. The molecular weight excluding hydrogens is 160 g/mol. The molecule has 0 aromatic carbocycles. The Hall–Kier alpha value is -1.23. The monoisotopic (exact) mass is 166 g/mol. The molecule has 0 atom stereocenters. The van der Waals surface area contributed by atoms with Gasteiger partial charge >= 0.3 is 0 Å². The lowest BCUT2D eigenvalue weighted by Gasteiger charge is -1.83. The van der Waals surface area contributed by atoms with Crippen LogP contribution in [-0.2, 0) is 7.05 Å². The summed E-state index contributed by atoms with van der Waals surface area (Å²) in [5, 5.41) is 9.97. The van der Waals surface area contributed by atoms with Crippen LogP contribution in [0, 0.1) is 0 Å². The van der Waals surface area contributed by atoms with E-state index in [1.54, 1.807) is 13.2 Å². The van der Waals surface area contributed by atoms with Gasteiger partial charge in [0.15, 0.2) is 0 Å². The van der Waals surface area contributed by atoms with Crippen molar-refractivity contribution in [2.75, 3.05) is 0 Å². The number of aromatic nitrogens is 4. The van der Waals surface area contributed by atoms with Crippen molar-refractivity contribution < 1.29 is 0 Å². The minimum absolute atomic E-state index is 0.828. The van der Waals surface area contributed by atoms with E-state index in [9.17, 15) is 0 Å². The molecule has 0 saturated carbocycles. The molecule has 4 nitrogen and oxygen atoms in total. The fourth-order valence-corrected chi connectivity index (χ4v) is 1.33. The third-order valence-electron chi connectivity index (χ3n) is 1.30. The lowest BCUT2D eigenvalue weighted by Crippen LogP contribution is -1.91. The molecule has 0 aliphatic heterocycles. The van der Waals surface area contributed by atoms with Crippen molar-refractivity contribution in [3.8, 4) is 11.4 Å². The maximum Gasteiger partial charge on any atom is 0.132 e. The summed E-state index contributed by atoms with van der Waals surface area (Å²) >= 11 is 1.42. The van der Waals surface area contributed by atoms with Gasteiger partial charge in [-0.2, -0.15) is 19.4 Å². The standard InChI is InChI=1S/C6H6N4S/c1-10-7-4-6(8-10)5-2-3-11-9-5/h2-4H,1H3. The van der Waals surface area contributed by atoms with E-state index in [-0.39, 0.29) is 0 Å². The van der Waals surface area contributed by atoms with Crippen LogP contribution in [0.1, 0.15) is 0 Å². The Morgan fingerprint density at radius 3 is 2.91 bits per heavy atom. The first-order chi connectivity index (χ1) is 5.36. The average Bonchev–Trinajstić information content (AvgIpc) is 2.55. The van der Waals surface area contributed by atoms with Crippen LogP contribution in [0.2, 0.25) is 0 Å². The van der Waals surface area contributed by atoms with Crippen LogP contribution < -0.4 is 0 Å². The Kier molecular flexibility index (Phi) is 1.43. The molecule has 0 saturated heterocycles. The maximum atomic E-state index is 4.13. The van der Waals surface area contributed by atoms with E-state index in [4.69, 9.17) is 0 Å². The Morgan fingerprint density at radius 1 is 1.45 bits per heavy atom. The molecule has 2 aromatic heterocycles. The van der Waals surface area contributed by atoms with E-state index in [0.29, 0.717) is 0 Å². The Labute approximate surface area is 67.6 Å². The number of nitrogens with zero attached hydrogens (tertiary/aromatic N) is 4. The second-order valence-electron chi connectivity index (χ2n) is 2.10. The van der Waals surface area contributed by atoms with E-state index < -0.39 is 0 Å². The van der Waals surface area contributed by atoms with E-state index in [2.05, 4.69) is 14.6 Å². The van der Waals surface area contributed by atoms with Gasteiger partial charge in [-0.25, -0.2) is 0 Å². The minimum Gasteiger partial charge on any atom is -0.191 e. The minimum atomic E-state index is 0.828. The summed E-state index contributed by atoms with van der Waals surface area (Å²) in [5.41, 5.74) is 1.72. The summed E-state index contributed by atoms with van der Waals surface area (Å²) in [5.74, 6) is 0. The van der Waals surface area contributed by atoms with Gasteiger partial charge in [0.05, 0.1) is 6.20 Å². The molecule has 11 heavy (non-hydrogen) atoms. The molecule has 0 N–H and O–H groups in total. The van der Waals surface area contributed by atoms with Gasteiger partial charge in [-0.05, 0) is 17.6 Å². The lowest BCUT2D eigenvalue weighted by atomic mass is 10.3. The number of hydrogen-bond donors (Lipinski definition) is 0. The third-order valence-corrected chi connectivity index (χ3v) is 1.86. The summed E-state index contributed by atoms with van der Waals surface area (Å²) in [6.45, 7) is 0. The molecule has 2 rings (SSSR count). The van der Waals surface area contributed by atoms with Gasteiger partial charge in [0.2, 0.25) is 0 Å². The molecule has 0 aliphatic rings. The van der Waals surface area contributed by atoms with Crippen LogP contribution in [0.5, 0.6) is 0 Å². The maximum absolute atomic E-state index is 4.13. The number of aryl methyl sites for hydroxylation is 1. The van der Waals surface area contributed by atoms with Crippen LogP contribution in [-0.4, -0.2) is 19.4 Å². The molecule has 0 aliphatic carbocycles. The average molecular weight is 166 g/mol. The van der Waals surface area contributed by atoms with Crippen molar-refractivity contribution in [1.29, 1.82) is 0 Å². The zero-order valence-corrected chi connectivity index (χ0v) is 6.75. The second-order valence-corrected chi connectivity index (χ2v) is 2.77. The number of hydrogen-bond acceptors (Lipinski definition) is 4. The Morgan fingerprint density at radius 2 is 2.36 bits per heavy atom. The summed E-state index contributed by atoms with van der Waals surface area (Å²) < 4.78 is 4.13. The Balaban J connectivity index is 2.45. The van der Waals surface area contributed by atoms with Crippen LogP contribution in [0.3, 0.4) is 0 Å². The zero-order chi connectivity index (χ0) is 7.68. The fourth-order valence-electron chi connectivity index (χ4n) is 0.808. The summed E-state index contributed by atoms with van der Waals surface area (Å²) in [6, 6.07) is 1.93. The van der Waals surface area contributed by atoms with Crippen LogP contribution in [0.4, 0.5) is 0 Å². The van der Waals surface area contributed by atoms with Crippen molar-refractivity contribution >= 4 is 11.5 Å². The van der Waals surface area contributed by atoms with Gasteiger partial charge in [-0.3, -0.25) is 0 Å². The van der Waals surface area contributed by atoms with Gasteiger partial charge in [-0.1, -0.05) is 0 Å². The van der Waals surface area contributed by atoms with Crippen molar-refractivity contribution in [3.05, 3.63) is 17.6 Å². The van der Waals surface area contributed by atoms with Crippen molar-refractivity contribution in [1.82, 2.24) is 19.4 Å². The molecule has 0 unspecified atom stereocenters. The first kappa shape index (κ1) is 6.48. The molecule has 0 spiro atoms. The molecule has 0 bridgehead atoms. The molecular formula is C6H6N4S. The first-order valence-corrected chi connectivity index (χ1v) is 3.97. The van der Waals surface area contributed by atoms with Crippen LogP contribution in [0.25, 0.3) is 11.4 Å². The summed E-state index contributed by atoms with van der Waals surface area (Å²) in [6.07, 6.45) is 1.70. The molecule has 2 heterocycles. The van der Waals surface area contributed by atoms with Gasteiger partial charge in [-0.15, -0.1) is 0 Å². The van der Waals surface area contributed by atoms with Crippen molar-refractivity contribution in [2.45, 2.75) is 0 Å². The van der Waals surface area contributed by atoms with E-state index in [1.807, 2.05) is 11.4 Å². The van der Waals surface area contributed by atoms with Gasteiger partial charge in [0.1, 0.15) is 11.4 Å². The third kappa shape index (κ3) is 1.14.